The number of piperidine rings is 1. The van der Waals surface area contributed by atoms with Crippen molar-refractivity contribution in [2.24, 2.45) is 0 Å². The van der Waals surface area contributed by atoms with E-state index in [2.05, 4.69) is 0 Å². The molecule has 0 aromatic heterocycles. The van der Waals surface area contributed by atoms with Crippen LogP contribution in [0.3, 0.4) is 0 Å². The van der Waals surface area contributed by atoms with Crippen LogP contribution >= 0.6 is 0 Å². The third-order valence-electron chi connectivity index (χ3n) is 5.76. The number of nitrogens with zero attached hydrogens (tertiary/aromatic N) is 2. The molecule has 1 saturated heterocycles. The van der Waals surface area contributed by atoms with Crippen molar-refractivity contribution in [3.63, 3.8) is 0 Å². The van der Waals surface area contributed by atoms with Crippen molar-refractivity contribution in [2.45, 2.75) is 41.8 Å². The summed E-state index contributed by atoms with van der Waals surface area (Å²) in [5.74, 6) is -0.469. The van der Waals surface area contributed by atoms with Crippen LogP contribution in [0.1, 0.15) is 35.7 Å². The minimum atomic E-state index is -4.67. The highest BCUT2D eigenvalue weighted by Gasteiger charge is 2.36. The number of likely N-dealkylation sites (tertiary alicyclic amines) is 1. The molecule has 1 amide bonds. The molecule has 0 spiro atoms. The molecule has 0 bridgehead atoms. The van der Waals surface area contributed by atoms with E-state index in [1.807, 2.05) is 0 Å². The Morgan fingerprint density at radius 2 is 1.65 bits per heavy atom. The number of halogens is 3. The van der Waals surface area contributed by atoms with Gasteiger partial charge < -0.3 is 4.90 Å². The fourth-order valence-electron chi connectivity index (χ4n) is 4.09. The highest BCUT2D eigenvalue weighted by atomic mass is 32.2. The summed E-state index contributed by atoms with van der Waals surface area (Å²) in [7, 11) is -7.82. The molecule has 1 heterocycles. The van der Waals surface area contributed by atoms with Gasteiger partial charge in [0, 0.05) is 31.9 Å². The number of hydrogen-bond donors (Lipinski definition) is 0. The van der Waals surface area contributed by atoms with Crippen LogP contribution in [0, 0.1) is 0 Å². The smallest absolute Gasteiger partial charge is 0.338 e. The van der Waals surface area contributed by atoms with Gasteiger partial charge in [0.2, 0.25) is 10.0 Å². The van der Waals surface area contributed by atoms with Gasteiger partial charge in [0.15, 0.2) is 9.84 Å². The van der Waals surface area contributed by atoms with Gasteiger partial charge in [0.25, 0.3) is 5.91 Å². The first-order valence-corrected chi connectivity index (χ1v) is 13.9. The van der Waals surface area contributed by atoms with Crippen molar-refractivity contribution in [2.75, 3.05) is 25.9 Å². The maximum Gasteiger partial charge on any atom is 0.416 e. The second-order valence-corrected chi connectivity index (χ2v) is 11.9. The average molecular weight is 519 g/mol. The molecule has 7 nitrogen and oxygen atoms in total. The fourth-order valence-corrected chi connectivity index (χ4v) is 6.71. The Morgan fingerprint density at radius 3 is 2.21 bits per heavy atom. The van der Waals surface area contributed by atoms with Crippen molar-refractivity contribution < 1.29 is 34.8 Å². The SMILES string of the molecule is CCN(C1CCN(C(=O)c2ccccc2S(C)(=O)=O)CC1)S(=O)(=O)c1cccc(C(F)(F)F)c1. The summed E-state index contributed by atoms with van der Waals surface area (Å²) in [6.45, 7) is 2.01. The van der Waals surface area contributed by atoms with E-state index in [0.717, 1.165) is 28.8 Å². The molecule has 0 N–H and O–H groups in total. The van der Waals surface area contributed by atoms with Crippen molar-refractivity contribution in [1.82, 2.24) is 9.21 Å². The lowest BCUT2D eigenvalue weighted by molar-refractivity contribution is -0.137. The molecular formula is C22H25F3N2O5S2. The van der Waals surface area contributed by atoms with Gasteiger partial charge in [0.1, 0.15) is 0 Å². The summed E-state index contributed by atoms with van der Waals surface area (Å²) in [6, 6.07) is 8.99. The zero-order valence-corrected chi connectivity index (χ0v) is 20.3. The Balaban J connectivity index is 1.79. The van der Waals surface area contributed by atoms with Crippen LogP contribution < -0.4 is 0 Å². The fraction of sp³-hybridized carbons (Fsp3) is 0.409. The third-order valence-corrected chi connectivity index (χ3v) is 8.93. The largest absolute Gasteiger partial charge is 0.416 e. The standard InChI is InChI=1S/C22H25F3N2O5S2/c1-3-27(34(31,32)18-8-6-7-16(15-18)22(23,24)25)17-11-13-26(14-12-17)21(28)19-9-4-5-10-20(19)33(2,29)30/h4-10,15,17H,3,11-14H2,1-2H3. The Kier molecular flexibility index (Phi) is 7.44. The van der Waals surface area contributed by atoms with E-state index in [1.165, 1.54) is 23.1 Å². The van der Waals surface area contributed by atoms with Gasteiger partial charge in [-0.05, 0) is 43.2 Å². The highest BCUT2D eigenvalue weighted by Crippen LogP contribution is 2.32. The van der Waals surface area contributed by atoms with Gasteiger partial charge >= 0.3 is 6.18 Å². The number of sulfonamides is 1. The quantitative estimate of drug-likeness (QED) is 0.585. The van der Waals surface area contributed by atoms with Crippen molar-refractivity contribution in [3.05, 3.63) is 59.7 Å². The van der Waals surface area contributed by atoms with E-state index in [1.54, 1.807) is 13.0 Å². The van der Waals surface area contributed by atoms with E-state index in [0.29, 0.717) is 6.07 Å². The maximum absolute atomic E-state index is 13.1. The van der Waals surface area contributed by atoms with Gasteiger partial charge in [-0.1, -0.05) is 25.1 Å². The predicted molar refractivity (Wildman–Crippen MR) is 119 cm³/mol. The van der Waals surface area contributed by atoms with E-state index < -0.39 is 48.4 Å². The summed E-state index contributed by atoms with van der Waals surface area (Å²) < 4.78 is 90.7. The van der Waals surface area contributed by atoms with E-state index in [4.69, 9.17) is 0 Å². The number of sulfone groups is 1. The molecule has 0 atom stereocenters. The first-order valence-electron chi connectivity index (χ1n) is 10.5. The van der Waals surface area contributed by atoms with E-state index in [-0.39, 0.29) is 42.9 Å². The van der Waals surface area contributed by atoms with Gasteiger partial charge in [-0.15, -0.1) is 0 Å². The normalized spacial score (nSPS) is 16.1. The third kappa shape index (κ3) is 5.44. The highest BCUT2D eigenvalue weighted by molar-refractivity contribution is 7.90. The summed E-state index contributed by atoms with van der Waals surface area (Å²) in [5, 5.41) is 0. The van der Waals surface area contributed by atoms with E-state index >= 15 is 0 Å². The lowest BCUT2D eigenvalue weighted by atomic mass is 10.0. The number of hydrogen-bond acceptors (Lipinski definition) is 5. The number of benzene rings is 2. The molecule has 0 aliphatic carbocycles. The summed E-state index contributed by atoms with van der Waals surface area (Å²) in [4.78, 5) is 13.9. The molecule has 2 aromatic rings. The Morgan fingerprint density at radius 1 is 1.03 bits per heavy atom. The lowest BCUT2D eigenvalue weighted by Crippen LogP contribution is -2.48. The number of carbonyl (C=O) groups is 1. The minimum Gasteiger partial charge on any atom is -0.338 e. The van der Waals surface area contributed by atoms with Crippen LogP contribution in [0.15, 0.2) is 58.3 Å². The van der Waals surface area contributed by atoms with Gasteiger partial charge in [-0.2, -0.15) is 17.5 Å². The van der Waals surface area contributed by atoms with Crippen LogP contribution in [0.2, 0.25) is 0 Å². The van der Waals surface area contributed by atoms with Crippen LogP contribution in [0.5, 0.6) is 0 Å². The summed E-state index contributed by atoms with van der Waals surface area (Å²) in [6.07, 6.45) is -3.13. The second-order valence-electron chi connectivity index (χ2n) is 8.03. The zero-order valence-electron chi connectivity index (χ0n) is 18.6. The zero-order chi connectivity index (χ0) is 25.3. The Hall–Kier alpha value is -2.44. The minimum absolute atomic E-state index is 0.0485. The van der Waals surface area contributed by atoms with Gasteiger partial charge in [-0.3, -0.25) is 4.79 Å². The number of alkyl halides is 3. The average Bonchev–Trinajstić information content (AvgIpc) is 2.78. The molecule has 1 aliphatic heterocycles. The molecule has 0 unspecified atom stereocenters. The van der Waals surface area contributed by atoms with Crippen molar-refractivity contribution >= 4 is 25.8 Å². The van der Waals surface area contributed by atoms with Crippen LogP contribution in [0.25, 0.3) is 0 Å². The van der Waals surface area contributed by atoms with Gasteiger partial charge in [0.05, 0.1) is 20.9 Å². The molecule has 12 heteroatoms. The summed E-state index contributed by atoms with van der Waals surface area (Å²) in [5.41, 5.74) is -0.998. The molecule has 34 heavy (non-hydrogen) atoms. The molecule has 2 aromatic carbocycles. The van der Waals surface area contributed by atoms with Crippen LogP contribution in [0.4, 0.5) is 13.2 Å². The Labute approximate surface area is 197 Å². The second kappa shape index (κ2) is 9.67. The van der Waals surface area contributed by atoms with Crippen molar-refractivity contribution in [1.29, 1.82) is 0 Å². The number of carbonyl (C=O) groups excluding carboxylic acids is 1. The maximum atomic E-state index is 13.1. The molecule has 1 aliphatic rings. The molecule has 3 rings (SSSR count). The van der Waals surface area contributed by atoms with E-state index in [9.17, 15) is 34.8 Å². The molecule has 1 fully saturated rings. The van der Waals surface area contributed by atoms with Gasteiger partial charge in [-0.25, -0.2) is 16.8 Å². The number of rotatable bonds is 6. The molecule has 0 radical (unpaired) electrons. The topological polar surface area (TPSA) is 91.8 Å². The van der Waals surface area contributed by atoms with Crippen LogP contribution in [-0.2, 0) is 26.0 Å². The van der Waals surface area contributed by atoms with Crippen LogP contribution in [-0.4, -0.2) is 63.9 Å². The lowest BCUT2D eigenvalue weighted by Gasteiger charge is -2.37. The monoisotopic (exact) mass is 518 g/mol. The molecule has 0 saturated carbocycles. The summed E-state index contributed by atoms with van der Waals surface area (Å²) >= 11 is 0. The first-order chi connectivity index (χ1) is 15.8. The number of amides is 1. The first kappa shape index (κ1) is 26.2. The molecule has 186 valence electrons. The Bertz CT molecular complexity index is 1270. The molecular weight excluding hydrogens is 493 g/mol. The van der Waals surface area contributed by atoms with Crippen molar-refractivity contribution in [3.8, 4) is 0 Å². The predicted octanol–water partition coefficient (Wildman–Crippen LogP) is 3.42.